The molecule has 3 heterocycles. The van der Waals surface area contributed by atoms with E-state index in [-0.39, 0.29) is 24.9 Å². The molecule has 0 saturated carbocycles. The van der Waals surface area contributed by atoms with E-state index in [9.17, 15) is 12.8 Å². The van der Waals surface area contributed by atoms with E-state index >= 15 is 0 Å². The Bertz CT molecular complexity index is 1890. The molecule has 2 aromatic carbocycles. The first kappa shape index (κ1) is 30.5. The minimum Gasteiger partial charge on any atom is -0.487 e. The normalized spacial score (nSPS) is 11.2. The van der Waals surface area contributed by atoms with Crippen molar-refractivity contribution in [2.75, 3.05) is 18.5 Å². The number of ether oxygens (including phenoxy) is 2. The van der Waals surface area contributed by atoms with E-state index in [0.717, 1.165) is 10.4 Å². The second-order valence-electron chi connectivity index (χ2n) is 9.78. The van der Waals surface area contributed by atoms with Crippen molar-refractivity contribution in [3.8, 4) is 17.1 Å². The zero-order valence-electron chi connectivity index (χ0n) is 23.3. The van der Waals surface area contributed by atoms with Crippen LogP contribution in [0, 0.1) is 11.7 Å². The molecule has 0 aliphatic carbocycles. The molecule has 43 heavy (non-hydrogen) atoms. The lowest BCUT2D eigenvalue weighted by Gasteiger charge is -2.12. The fraction of sp³-hybridized carbons (Fsp3) is 0.233. The minimum atomic E-state index is -2.26. The van der Waals surface area contributed by atoms with E-state index in [1.165, 1.54) is 29.8 Å². The summed E-state index contributed by atoms with van der Waals surface area (Å²) in [5.41, 5.74) is 3.40. The molecule has 0 spiro atoms. The molecule has 0 aliphatic rings. The Morgan fingerprint density at radius 3 is 2.72 bits per heavy atom. The van der Waals surface area contributed by atoms with Crippen molar-refractivity contribution in [2.45, 2.75) is 26.9 Å². The molecule has 0 unspecified atom stereocenters. The highest BCUT2D eigenvalue weighted by atomic mass is 35.5. The minimum absolute atomic E-state index is 0.0733. The van der Waals surface area contributed by atoms with Gasteiger partial charge in [0.2, 0.25) is 10.3 Å². The summed E-state index contributed by atoms with van der Waals surface area (Å²) in [7, 11) is -2.26. The van der Waals surface area contributed by atoms with Gasteiger partial charge in [-0.15, -0.1) is 11.3 Å². The molecule has 9 nitrogen and oxygen atoms in total. The number of nitrogens with one attached hydrogen (secondary N) is 1. The fourth-order valence-electron chi connectivity index (χ4n) is 4.10. The van der Waals surface area contributed by atoms with Gasteiger partial charge in [-0.1, -0.05) is 37.6 Å². The highest BCUT2D eigenvalue weighted by Crippen LogP contribution is 2.32. The number of benzene rings is 2. The third kappa shape index (κ3) is 7.90. The topological polar surface area (TPSA) is 116 Å². The third-order valence-corrected chi connectivity index (χ3v) is 8.60. The molecule has 222 valence electrons. The lowest BCUT2D eigenvalue weighted by atomic mass is 10.1. The zero-order chi connectivity index (χ0) is 30.3. The van der Waals surface area contributed by atoms with Crippen LogP contribution in [-0.4, -0.2) is 46.4 Å². The van der Waals surface area contributed by atoms with E-state index in [2.05, 4.69) is 25.3 Å². The Morgan fingerprint density at radius 1 is 1.09 bits per heavy atom. The van der Waals surface area contributed by atoms with Gasteiger partial charge in [-0.25, -0.2) is 19.3 Å². The van der Waals surface area contributed by atoms with Gasteiger partial charge >= 0.3 is 0 Å². The van der Waals surface area contributed by atoms with Gasteiger partial charge in [0.25, 0.3) is 0 Å². The monoisotopic (exact) mass is 639 g/mol. The quantitative estimate of drug-likeness (QED) is 0.120. The second-order valence-corrected chi connectivity index (χ2v) is 12.1. The lowest BCUT2D eigenvalue weighted by molar-refractivity contribution is 0.174. The van der Waals surface area contributed by atoms with Gasteiger partial charge in [0.05, 0.1) is 51.2 Å². The van der Waals surface area contributed by atoms with Crippen LogP contribution in [0.2, 0.25) is 5.02 Å². The van der Waals surface area contributed by atoms with Crippen LogP contribution in [0.25, 0.3) is 22.3 Å². The Kier molecular flexibility index (Phi) is 9.93. The summed E-state index contributed by atoms with van der Waals surface area (Å²) in [6.07, 6.45) is 3.67. The van der Waals surface area contributed by atoms with Crippen LogP contribution in [0.15, 0.2) is 66.4 Å². The molecule has 0 amide bonds. The van der Waals surface area contributed by atoms with Crippen molar-refractivity contribution in [3.05, 3.63) is 87.8 Å². The maximum Gasteiger partial charge on any atom is 0.215 e. The van der Waals surface area contributed by atoms with E-state index in [0.29, 0.717) is 62.6 Å². The first-order valence-corrected chi connectivity index (χ1v) is 15.6. The number of hydrogen-bond donors (Lipinski definition) is 1. The fourth-order valence-corrected chi connectivity index (χ4v) is 5.67. The molecule has 0 fully saturated rings. The first-order chi connectivity index (χ1) is 20.8. The highest BCUT2D eigenvalue weighted by molar-refractivity contribution is 7.73. The number of hydrogen-bond acceptors (Lipinski definition) is 10. The van der Waals surface area contributed by atoms with E-state index < -0.39 is 10.3 Å². The molecule has 0 saturated heterocycles. The molecule has 0 bridgehead atoms. The lowest BCUT2D eigenvalue weighted by Crippen LogP contribution is -2.17. The van der Waals surface area contributed by atoms with Gasteiger partial charge in [0, 0.05) is 22.9 Å². The summed E-state index contributed by atoms with van der Waals surface area (Å²) in [5, 5.41) is 7.19. The number of rotatable bonds is 12. The van der Waals surface area contributed by atoms with E-state index in [1.807, 2.05) is 31.4 Å². The number of aromatic nitrogens is 4. The zero-order valence-corrected chi connectivity index (χ0v) is 25.6. The van der Waals surface area contributed by atoms with Crippen LogP contribution in [0.1, 0.15) is 24.4 Å². The van der Waals surface area contributed by atoms with Crippen molar-refractivity contribution in [2.24, 2.45) is 5.92 Å². The summed E-state index contributed by atoms with van der Waals surface area (Å²) < 4.78 is 47.5. The Hall–Kier alpha value is -3.97. The van der Waals surface area contributed by atoms with Gasteiger partial charge in [-0.2, -0.15) is 8.42 Å². The van der Waals surface area contributed by atoms with Crippen molar-refractivity contribution in [1.82, 2.24) is 19.9 Å². The molecule has 5 rings (SSSR count). The van der Waals surface area contributed by atoms with Crippen molar-refractivity contribution in [1.29, 1.82) is 0 Å². The van der Waals surface area contributed by atoms with Crippen LogP contribution in [0.3, 0.4) is 0 Å². The van der Waals surface area contributed by atoms with Crippen LogP contribution >= 0.6 is 22.9 Å². The van der Waals surface area contributed by atoms with E-state index in [1.54, 1.807) is 30.5 Å². The molecule has 13 heteroatoms. The summed E-state index contributed by atoms with van der Waals surface area (Å²) in [5.74, 6) is 0.611. The maximum atomic E-state index is 13.5. The van der Waals surface area contributed by atoms with Gasteiger partial charge in [-0.05, 0) is 47.9 Å². The number of halogens is 2. The van der Waals surface area contributed by atoms with Crippen molar-refractivity contribution >= 4 is 60.5 Å². The summed E-state index contributed by atoms with van der Waals surface area (Å²) in [6, 6.07) is 13.4. The second kappa shape index (κ2) is 14.0. The van der Waals surface area contributed by atoms with Gasteiger partial charge < -0.3 is 14.8 Å². The Morgan fingerprint density at radius 2 is 1.95 bits per heavy atom. The average molecular weight is 640 g/mol. The number of nitrogens with zero attached hydrogens (tertiary/aromatic N) is 4. The number of pyridine rings is 1. The maximum absolute atomic E-state index is 13.5. The Labute approximate surface area is 258 Å². The van der Waals surface area contributed by atoms with Gasteiger partial charge in [-0.3, -0.25) is 4.98 Å². The number of thiazole rings is 1. The highest BCUT2D eigenvalue weighted by Gasteiger charge is 2.13. The van der Waals surface area contributed by atoms with Gasteiger partial charge in [0.15, 0.2) is 0 Å². The molecule has 3 aromatic heterocycles. The molecular formula is C30H27ClFN5O4S2. The predicted molar refractivity (Wildman–Crippen MR) is 167 cm³/mol. The average Bonchev–Trinajstić information content (AvgIpc) is 3.45. The SMILES string of the molecule is CC(C)C(COCCc1nc(-c2cc3c(Nc4ccc(OCc5cccc(F)c5)c(Cl)c4)ncnc3cn2)cs1)=S(=O)=O. The van der Waals surface area contributed by atoms with Gasteiger partial charge in [0.1, 0.15) is 30.3 Å². The molecule has 0 aliphatic heterocycles. The number of fused-ring (bicyclic) bond motifs is 1. The largest absolute Gasteiger partial charge is 0.487 e. The molecular weight excluding hydrogens is 613 g/mol. The van der Waals surface area contributed by atoms with Crippen LogP contribution in [-0.2, 0) is 28.1 Å². The molecule has 5 aromatic rings. The molecule has 0 atom stereocenters. The summed E-state index contributed by atoms with van der Waals surface area (Å²) >= 11 is 7.96. The van der Waals surface area contributed by atoms with Crippen LogP contribution in [0.5, 0.6) is 5.75 Å². The van der Waals surface area contributed by atoms with Crippen LogP contribution < -0.4 is 10.1 Å². The van der Waals surface area contributed by atoms with Crippen molar-refractivity contribution < 1.29 is 22.3 Å². The van der Waals surface area contributed by atoms with Crippen molar-refractivity contribution in [3.63, 3.8) is 0 Å². The smallest absolute Gasteiger partial charge is 0.215 e. The summed E-state index contributed by atoms with van der Waals surface area (Å²) in [6.45, 7) is 4.25. The third-order valence-electron chi connectivity index (χ3n) is 6.38. The number of anilines is 2. The first-order valence-electron chi connectivity index (χ1n) is 13.3. The van der Waals surface area contributed by atoms with E-state index in [4.69, 9.17) is 21.1 Å². The van der Waals surface area contributed by atoms with Crippen LogP contribution in [0.4, 0.5) is 15.9 Å². The standard InChI is InChI=1S/C30H27ClFN5O4S2/c1-18(2)28(43(38)39)15-40-9-8-29-37-26(16-42-29)24-12-22-25(13-33-24)34-17-35-30(22)36-21-6-7-27(23(31)11-21)41-14-19-4-3-5-20(32)10-19/h3-7,10-13,16-18H,8-9,14-15H2,1-2H3,(H,34,35,36). The molecule has 0 radical (unpaired) electrons. The molecule has 1 N–H and O–H groups in total. The predicted octanol–water partition coefficient (Wildman–Crippen LogP) is 6.53. The summed E-state index contributed by atoms with van der Waals surface area (Å²) in [4.78, 5) is 18.3. The Balaban J connectivity index is 1.26.